The maximum absolute atomic E-state index is 6.31. The fourth-order valence-corrected chi connectivity index (χ4v) is 5.31. The molecule has 0 aromatic rings. The molecule has 1 saturated carbocycles. The fourth-order valence-electron chi connectivity index (χ4n) is 3.82. The predicted octanol–water partition coefficient (Wildman–Crippen LogP) is 4.08. The van der Waals surface area contributed by atoms with Gasteiger partial charge in [0.15, 0.2) is 0 Å². The standard InChI is InChI=1S/C16H22N2OS/c1-16-14(12-8-5-9-13(12)20-16)15(17-10-18-16)19-11-6-3-2-4-7-11/h10-11H,2-9H2,1H3,(H,17,18). The molecule has 0 bridgehead atoms. The Labute approximate surface area is 124 Å². The number of hydrogen-bond acceptors (Lipinski definition) is 4. The first kappa shape index (κ1) is 12.8. The fraction of sp³-hybridized carbons (Fsp3) is 0.688. The Balaban J connectivity index is 1.66. The van der Waals surface area contributed by atoms with E-state index in [4.69, 9.17) is 4.74 Å². The molecule has 1 N–H and O–H groups in total. The highest BCUT2D eigenvalue weighted by molar-refractivity contribution is 8.04. The lowest BCUT2D eigenvalue weighted by Crippen LogP contribution is -2.42. The van der Waals surface area contributed by atoms with E-state index in [-0.39, 0.29) is 4.87 Å². The number of ether oxygens (including phenoxy) is 1. The molecule has 0 saturated heterocycles. The molecule has 20 heavy (non-hydrogen) atoms. The summed E-state index contributed by atoms with van der Waals surface area (Å²) in [5.41, 5.74) is 2.86. The van der Waals surface area contributed by atoms with E-state index in [1.807, 2.05) is 18.1 Å². The molecular weight excluding hydrogens is 268 g/mol. The van der Waals surface area contributed by atoms with E-state index in [9.17, 15) is 0 Å². The van der Waals surface area contributed by atoms with Crippen molar-refractivity contribution in [2.45, 2.75) is 69.3 Å². The minimum atomic E-state index is -0.0448. The van der Waals surface area contributed by atoms with Crippen LogP contribution >= 0.6 is 11.8 Å². The van der Waals surface area contributed by atoms with Crippen LogP contribution in [-0.4, -0.2) is 17.3 Å². The van der Waals surface area contributed by atoms with Crippen molar-refractivity contribution in [1.82, 2.24) is 5.32 Å². The van der Waals surface area contributed by atoms with E-state index in [2.05, 4.69) is 17.2 Å². The van der Waals surface area contributed by atoms with Crippen molar-refractivity contribution >= 4 is 18.1 Å². The Bertz CT molecular complexity index is 517. The van der Waals surface area contributed by atoms with Gasteiger partial charge in [-0.15, -0.1) is 0 Å². The molecule has 0 amide bonds. The third-order valence-electron chi connectivity index (χ3n) is 4.84. The second-order valence-electron chi connectivity index (χ2n) is 6.35. The summed E-state index contributed by atoms with van der Waals surface area (Å²) < 4.78 is 6.31. The minimum absolute atomic E-state index is 0.0448. The first-order valence-electron chi connectivity index (χ1n) is 7.89. The molecule has 0 aromatic carbocycles. The molecule has 2 aliphatic carbocycles. The normalized spacial score (nSPS) is 33.2. The maximum Gasteiger partial charge on any atom is 0.221 e. The molecule has 108 valence electrons. The Morgan fingerprint density at radius 1 is 1.25 bits per heavy atom. The summed E-state index contributed by atoms with van der Waals surface area (Å²) in [4.78, 5) is 6.06. The van der Waals surface area contributed by atoms with Gasteiger partial charge in [0.2, 0.25) is 5.88 Å². The zero-order valence-electron chi connectivity index (χ0n) is 12.1. The summed E-state index contributed by atoms with van der Waals surface area (Å²) in [5.74, 6) is 0.901. The van der Waals surface area contributed by atoms with E-state index in [0.29, 0.717) is 6.10 Å². The van der Waals surface area contributed by atoms with E-state index in [1.165, 1.54) is 62.5 Å². The Morgan fingerprint density at radius 2 is 2.10 bits per heavy atom. The number of nitrogens with one attached hydrogen (secondary N) is 1. The second kappa shape index (κ2) is 4.83. The molecule has 4 heteroatoms. The van der Waals surface area contributed by atoms with Gasteiger partial charge in [-0.2, -0.15) is 0 Å². The van der Waals surface area contributed by atoms with Crippen LogP contribution < -0.4 is 5.32 Å². The van der Waals surface area contributed by atoms with Crippen LogP contribution in [-0.2, 0) is 4.74 Å². The Kier molecular flexibility index (Phi) is 3.09. The molecule has 2 aliphatic heterocycles. The highest BCUT2D eigenvalue weighted by Gasteiger charge is 2.46. The van der Waals surface area contributed by atoms with Gasteiger partial charge in [-0.05, 0) is 62.3 Å². The van der Waals surface area contributed by atoms with Crippen molar-refractivity contribution in [2.24, 2.45) is 4.99 Å². The highest BCUT2D eigenvalue weighted by Crippen LogP contribution is 2.56. The molecule has 2 heterocycles. The van der Waals surface area contributed by atoms with Crippen molar-refractivity contribution < 1.29 is 4.74 Å². The topological polar surface area (TPSA) is 33.6 Å². The summed E-state index contributed by atoms with van der Waals surface area (Å²) >= 11 is 1.97. The van der Waals surface area contributed by atoms with Crippen molar-refractivity contribution in [3.05, 3.63) is 21.9 Å². The minimum Gasteiger partial charge on any atom is -0.474 e. The summed E-state index contributed by atoms with van der Waals surface area (Å²) in [7, 11) is 0. The van der Waals surface area contributed by atoms with Gasteiger partial charge in [0, 0.05) is 0 Å². The van der Waals surface area contributed by atoms with E-state index < -0.39 is 0 Å². The van der Waals surface area contributed by atoms with Crippen LogP contribution in [0.15, 0.2) is 26.9 Å². The molecule has 1 atom stereocenters. The van der Waals surface area contributed by atoms with Gasteiger partial charge >= 0.3 is 0 Å². The zero-order chi connectivity index (χ0) is 13.6. The molecule has 3 nitrogen and oxygen atoms in total. The van der Waals surface area contributed by atoms with Crippen LogP contribution in [0.5, 0.6) is 0 Å². The largest absolute Gasteiger partial charge is 0.474 e. The molecular formula is C16H22N2OS. The Morgan fingerprint density at radius 3 is 2.95 bits per heavy atom. The SMILES string of the molecule is CC12NC=NC(OC3CCCCC3)=C1C1=C(CCC1)S2. The number of hydrogen-bond donors (Lipinski definition) is 1. The molecule has 4 rings (SSSR count). The van der Waals surface area contributed by atoms with Crippen molar-refractivity contribution in [3.63, 3.8) is 0 Å². The zero-order valence-corrected chi connectivity index (χ0v) is 12.9. The molecule has 1 unspecified atom stereocenters. The van der Waals surface area contributed by atoms with Crippen LogP contribution in [0.1, 0.15) is 58.3 Å². The number of nitrogens with zero attached hydrogens (tertiary/aromatic N) is 1. The number of fused-ring (bicyclic) bond motifs is 2. The average molecular weight is 290 g/mol. The third-order valence-corrected chi connectivity index (χ3v) is 6.27. The smallest absolute Gasteiger partial charge is 0.221 e. The number of rotatable bonds is 2. The molecule has 0 spiro atoms. The van der Waals surface area contributed by atoms with Crippen LogP contribution in [0.2, 0.25) is 0 Å². The van der Waals surface area contributed by atoms with Gasteiger partial charge < -0.3 is 10.1 Å². The first-order valence-corrected chi connectivity index (χ1v) is 8.71. The lowest BCUT2D eigenvalue weighted by atomic mass is 9.96. The van der Waals surface area contributed by atoms with Crippen LogP contribution in [0.25, 0.3) is 0 Å². The number of allylic oxidation sites excluding steroid dienone is 1. The van der Waals surface area contributed by atoms with Gasteiger partial charge in [0.25, 0.3) is 0 Å². The van der Waals surface area contributed by atoms with Gasteiger partial charge in [0.1, 0.15) is 11.0 Å². The summed E-state index contributed by atoms with van der Waals surface area (Å²) in [6.45, 7) is 2.26. The maximum atomic E-state index is 6.31. The van der Waals surface area contributed by atoms with E-state index in [1.54, 1.807) is 4.91 Å². The van der Waals surface area contributed by atoms with Gasteiger partial charge in [-0.1, -0.05) is 18.2 Å². The van der Waals surface area contributed by atoms with E-state index in [0.717, 1.165) is 5.88 Å². The van der Waals surface area contributed by atoms with Gasteiger partial charge in [-0.3, -0.25) is 0 Å². The molecule has 0 radical (unpaired) electrons. The lowest BCUT2D eigenvalue weighted by molar-refractivity contribution is 0.0779. The number of thioether (sulfide) groups is 1. The van der Waals surface area contributed by atoms with Crippen molar-refractivity contribution in [3.8, 4) is 0 Å². The Hall–Kier alpha value is -0.900. The third kappa shape index (κ3) is 2.00. The van der Waals surface area contributed by atoms with Crippen LogP contribution in [0.4, 0.5) is 0 Å². The van der Waals surface area contributed by atoms with Gasteiger partial charge in [0.05, 0.1) is 11.9 Å². The summed E-state index contributed by atoms with van der Waals surface area (Å²) in [6.07, 6.45) is 12.3. The number of aliphatic imine (C=N–C) groups is 1. The highest BCUT2D eigenvalue weighted by atomic mass is 32.2. The molecule has 4 aliphatic rings. The van der Waals surface area contributed by atoms with Crippen LogP contribution in [0.3, 0.4) is 0 Å². The van der Waals surface area contributed by atoms with Gasteiger partial charge in [-0.25, -0.2) is 4.99 Å². The average Bonchev–Trinajstić information content (AvgIpc) is 2.97. The second-order valence-corrected chi connectivity index (χ2v) is 7.86. The van der Waals surface area contributed by atoms with Crippen LogP contribution in [0, 0.1) is 0 Å². The molecule has 1 fully saturated rings. The van der Waals surface area contributed by atoms with Crippen molar-refractivity contribution in [2.75, 3.05) is 0 Å². The quantitative estimate of drug-likeness (QED) is 0.832. The summed E-state index contributed by atoms with van der Waals surface area (Å²) in [5, 5.41) is 3.45. The molecule has 0 aromatic heterocycles. The predicted molar refractivity (Wildman–Crippen MR) is 83.5 cm³/mol. The van der Waals surface area contributed by atoms with E-state index >= 15 is 0 Å². The monoisotopic (exact) mass is 290 g/mol. The summed E-state index contributed by atoms with van der Waals surface area (Å²) in [6, 6.07) is 0. The first-order chi connectivity index (χ1) is 9.76. The lowest BCUT2D eigenvalue weighted by Gasteiger charge is -2.33. The van der Waals surface area contributed by atoms with Crippen molar-refractivity contribution in [1.29, 1.82) is 0 Å².